The van der Waals surface area contributed by atoms with Crippen molar-refractivity contribution in [1.29, 1.82) is 0 Å². The molecule has 1 rings (SSSR count). The fraction of sp³-hybridized carbons (Fsp3) is 0.455. The van der Waals surface area contributed by atoms with E-state index in [1.807, 2.05) is 30.3 Å². The highest BCUT2D eigenvalue weighted by molar-refractivity contribution is 5.14. The van der Waals surface area contributed by atoms with Crippen LogP contribution in [0.3, 0.4) is 0 Å². The highest BCUT2D eigenvalue weighted by Gasteiger charge is 2.13. The zero-order chi connectivity index (χ0) is 9.73. The number of rotatable bonds is 4. The Morgan fingerprint density at radius 2 is 1.77 bits per heavy atom. The first kappa shape index (κ1) is 10.2. The Bertz CT molecular complexity index is 236. The minimum absolute atomic E-state index is 0.419. The van der Waals surface area contributed by atoms with Crippen molar-refractivity contribution in [2.75, 3.05) is 0 Å². The van der Waals surface area contributed by atoms with Gasteiger partial charge in [0.15, 0.2) is 5.79 Å². The number of aliphatic hydroxyl groups is 2. The number of aryl methyl sites for hydroxylation is 1. The number of hydrogen-bond donors (Lipinski definition) is 2. The van der Waals surface area contributed by atoms with Crippen LogP contribution in [0.15, 0.2) is 30.3 Å². The molecule has 2 nitrogen and oxygen atoms in total. The Balaban J connectivity index is 2.29. The minimum atomic E-state index is -1.52. The number of hydrogen-bond acceptors (Lipinski definition) is 2. The normalized spacial score (nSPS) is 11.6. The molecule has 0 aliphatic rings. The Labute approximate surface area is 78.8 Å². The minimum Gasteiger partial charge on any atom is -0.366 e. The second-order valence-corrected chi connectivity index (χ2v) is 3.56. The van der Waals surface area contributed by atoms with Crippen molar-refractivity contribution in [3.05, 3.63) is 35.9 Å². The molecule has 0 spiro atoms. The lowest BCUT2D eigenvalue weighted by Crippen LogP contribution is -2.22. The summed E-state index contributed by atoms with van der Waals surface area (Å²) in [6, 6.07) is 10.1. The maximum Gasteiger partial charge on any atom is 0.159 e. The molecule has 2 N–H and O–H groups in total. The Kier molecular flexibility index (Phi) is 3.46. The van der Waals surface area contributed by atoms with E-state index in [9.17, 15) is 0 Å². The SMILES string of the molecule is CC(O)(O)CCCc1ccccc1. The third-order valence-electron chi connectivity index (χ3n) is 1.96. The molecule has 0 fully saturated rings. The standard InChI is InChI=1S/C11H16O2/c1-11(12,13)9-5-8-10-6-3-2-4-7-10/h2-4,6-7,12-13H,5,8-9H2,1H3. The first-order chi connectivity index (χ1) is 6.08. The van der Waals surface area contributed by atoms with Crippen LogP contribution < -0.4 is 0 Å². The molecule has 1 aromatic rings. The fourth-order valence-corrected chi connectivity index (χ4v) is 1.27. The Morgan fingerprint density at radius 3 is 2.31 bits per heavy atom. The molecule has 1 aromatic carbocycles. The molecule has 0 unspecified atom stereocenters. The van der Waals surface area contributed by atoms with E-state index < -0.39 is 5.79 Å². The molecule has 0 aliphatic heterocycles. The summed E-state index contributed by atoms with van der Waals surface area (Å²) >= 11 is 0. The molecule has 0 radical (unpaired) electrons. The van der Waals surface area contributed by atoms with E-state index in [1.54, 1.807) is 0 Å². The summed E-state index contributed by atoms with van der Waals surface area (Å²) in [5.41, 5.74) is 1.24. The van der Waals surface area contributed by atoms with Gasteiger partial charge in [-0.15, -0.1) is 0 Å². The van der Waals surface area contributed by atoms with E-state index in [-0.39, 0.29) is 0 Å². The molecule has 2 heteroatoms. The second kappa shape index (κ2) is 4.40. The maximum absolute atomic E-state index is 9.05. The summed E-state index contributed by atoms with van der Waals surface area (Å²) in [5, 5.41) is 18.1. The van der Waals surface area contributed by atoms with E-state index in [1.165, 1.54) is 12.5 Å². The fourth-order valence-electron chi connectivity index (χ4n) is 1.27. The second-order valence-electron chi connectivity index (χ2n) is 3.56. The third kappa shape index (κ3) is 4.65. The van der Waals surface area contributed by atoms with Gasteiger partial charge in [0.1, 0.15) is 0 Å². The van der Waals surface area contributed by atoms with Crippen LogP contribution in [0.1, 0.15) is 25.3 Å². The van der Waals surface area contributed by atoms with Gasteiger partial charge in [0, 0.05) is 6.42 Å². The first-order valence-electron chi connectivity index (χ1n) is 4.57. The molecule has 0 aromatic heterocycles. The summed E-state index contributed by atoms with van der Waals surface area (Å²) < 4.78 is 0. The van der Waals surface area contributed by atoms with Gasteiger partial charge < -0.3 is 10.2 Å². The summed E-state index contributed by atoms with van der Waals surface area (Å²) in [5.74, 6) is -1.52. The predicted octanol–water partition coefficient (Wildman–Crippen LogP) is 1.71. The Morgan fingerprint density at radius 1 is 1.15 bits per heavy atom. The van der Waals surface area contributed by atoms with Gasteiger partial charge in [0.2, 0.25) is 0 Å². The van der Waals surface area contributed by atoms with Crippen LogP contribution in [-0.4, -0.2) is 16.0 Å². The maximum atomic E-state index is 9.05. The van der Waals surface area contributed by atoms with Crippen LogP contribution in [0, 0.1) is 0 Å². The quantitative estimate of drug-likeness (QED) is 0.692. The molecule has 0 atom stereocenters. The lowest BCUT2D eigenvalue weighted by molar-refractivity contribution is -0.149. The Hall–Kier alpha value is -0.860. The van der Waals surface area contributed by atoms with Crippen LogP contribution >= 0.6 is 0 Å². The van der Waals surface area contributed by atoms with Crippen LogP contribution in [0.2, 0.25) is 0 Å². The molecule has 0 saturated heterocycles. The highest BCUT2D eigenvalue weighted by Crippen LogP contribution is 2.11. The first-order valence-corrected chi connectivity index (χ1v) is 4.57. The largest absolute Gasteiger partial charge is 0.366 e. The molecule has 0 bridgehead atoms. The highest BCUT2D eigenvalue weighted by atomic mass is 16.5. The lowest BCUT2D eigenvalue weighted by atomic mass is 10.1. The van der Waals surface area contributed by atoms with Gasteiger partial charge in [-0.3, -0.25) is 0 Å². The van der Waals surface area contributed by atoms with Crippen molar-refractivity contribution in [1.82, 2.24) is 0 Å². The van der Waals surface area contributed by atoms with E-state index in [2.05, 4.69) is 0 Å². The van der Waals surface area contributed by atoms with Gasteiger partial charge in [-0.1, -0.05) is 30.3 Å². The molecule has 13 heavy (non-hydrogen) atoms. The van der Waals surface area contributed by atoms with Crippen LogP contribution in [-0.2, 0) is 6.42 Å². The van der Waals surface area contributed by atoms with Crippen LogP contribution in [0.5, 0.6) is 0 Å². The van der Waals surface area contributed by atoms with Crippen molar-refractivity contribution < 1.29 is 10.2 Å². The van der Waals surface area contributed by atoms with E-state index in [0.29, 0.717) is 6.42 Å². The van der Waals surface area contributed by atoms with Gasteiger partial charge in [0.25, 0.3) is 0 Å². The van der Waals surface area contributed by atoms with Gasteiger partial charge in [-0.25, -0.2) is 0 Å². The molecule has 0 saturated carbocycles. The van der Waals surface area contributed by atoms with E-state index in [4.69, 9.17) is 10.2 Å². The zero-order valence-electron chi connectivity index (χ0n) is 7.90. The van der Waals surface area contributed by atoms with Crippen LogP contribution in [0.4, 0.5) is 0 Å². The summed E-state index contributed by atoms with van der Waals surface area (Å²) in [4.78, 5) is 0. The van der Waals surface area contributed by atoms with Gasteiger partial charge in [-0.2, -0.15) is 0 Å². The molecule has 0 heterocycles. The monoisotopic (exact) mass is 180 g/mol. The van der Waals surface area contributed by atoms with Crippen molar-refractivity contribution in [3.63, 3.8) is 0 Å². The summed E-state index contributed by atoms with van der Waals surface area (Å²) in [6.07, 6.45) is 2.12. The van der Waals surface area contributed by atoms with Gasteiger partial charge >= 0.3 is 0 Å². The zero-order valence-corrected chi connectivity index (χ0v) is 7.90. The van der Waals surface area contributed by atoms with Gasteiger partial charge in [0.05, 0.1) is 0 Å². The lowest BCUT2D eigenvalue weighted by Gasteiger charge is -2.14. The average molecular weight is 180 g/mol. The van der Waals surface area contributed by atoms with Crippen LogP contribution in [0.25, 0.3) is 0 Å². The summed E-state index contributed by atoms with van der Waals surface area (Å²) in [6.45, 7) is 1.41. The van der Waals surface area contributed by atoms with Crippen molar-refractivity contribution in [3.8, 4) is 0 Å². The average Bonchev–Trinajstić information content (AvgIpc) is 2.04. The van der Waals surface area contributed by atoms with E-state index in [0.717, 1.165) is 12.8 Å². The van der Waals surface area contributed by atoms with Gasteiger partial charge in [-0.05, 0) is 25.3 Å². The van der Waals surface area contributed by atoms with Crippen molar-refractivity contribution >= 4 is 0 Å². The molecular formula is C11H16O2. The molecule has 0 amide bonds. The molecule has 0 aliphatic carbocycles. The topological polar surface area (TPSA) is 40.5 Å². The predicted molar refractivity (Wildman–Crippen MR) is 52.2 cm³/mol. The number of benzene rings is 1. The molecular weight excluding hydrogens is 164 g/mol. The molecule has 72 valence electrons. The summed E-state index contributed by atoms with van der Waals surface area (Å²) in [7, 11) is 0. The van der Waals surface area contributed by atoms with E-state index >= 15 is 0 Å². The van der Waals surface area contributed by atoms with Crippen molar-refractivity contribution in [2.45, 2.75) is 32.0 Å². The third-order valence-corrected chi connectivity index (χ3v) is 1.96. The smallest absolute Gasteiger partial charge is 0.159 e. The van der Waals surface area contributed by atoms with Crippen molar-refractivity contribution in [2.24, 2.45) is 0 Å².